The molecule has 0 aromatic heterocycles. The quantitative estimate of drug-likeness (QED) is 0.374. The summed E-state index contributed by atoms with van der Waals surface area (Å²) < 4.78 is 6.20. The first kappa shape index (κ1) is 15.5. The molecule has 0 fully saturated rings. The molecule has 0 aliphatic carbocycles. The van der Waals surface area contributed by atoms with Gasteiger partial charge in [-0.3, -0.25) is 0 Å². The summed E-state index contributed by atoms with van der Waals surface area (Å²) in [7, 11) is 0. The molecule has 0 radical (unpaired) electrons. The van der Waals surface area contributed by atoms with Gasteiger partial charge in [0.1, 0.15) is 0 Å². The van der Waals surface area contributed by atoms with Crippen molar-refractivity contribution in [1.82, 2.24) is 0 Å². The highest BCUT2D eigenvalue weighted by Gasteiger charge is 2.25. The van der Waals surface area contributed by atoms with Gasteiger partial charge in [-0.1, -0.05) is 35.3 Å². The fraction of sp³-hybridized carbons (Fsp3) is 0. The van der Waals surface area contributed by atoms with Crippen LogP contribution in [0.3, 0.4) is 0 Å². The number of ether oxygens (including phenoxy) is 1. The Kier molecular flexibility index (Phi) is 4.52. The molecule has 0 amide bonds. The number of carbonyl (C=O) groups excluding carboxylic acids is 1. The molecule has 1 heterocycles. The van der Waals surface area contributed by atoms with E-state index >= 15 is 0 Å². The molecule has 2 aromatic carbocycles. The first-order valence-corrected chi connectivity index (χ1v) is 8.10. The van der Waals surface area contributed by atoms with Crippen LogP contribution in [0.15, 0.2) is 53.2 Å². The van der Waals surface area contributed by atoms with Crippen molar-refractivity contribution in [3.05, 3.63) is 72.9 Å². The summed E-state index contributed by atoms with van der Waals surface area (Å²) in [4.78, 5) is 16.2. The molecule has 0 spiro atoms. The normalized spacial score (nSPS) is 15.9. The van der Waals surface area contributed by atoms with Gasteiger partial charge in [-0.15, -0.1) is 0 Å². The number of cyclic esters (lactones) is 1. The van der Waals surface area contributed by atoms with Crippen LogP contribution in [0.5, 0.6) is 0 Å². The number of halogens is 3. The topological polar surface area (TPSA) is 38.7 Å². The van der Waals surface area contributed by atoms with E-state index in [-0.39, 0.29) is 11.6 Å². The predicted molar refractivity (Wildman–Crippen MR) is 96.2 cm³/mol. The SMILES string of the molecule is O=C1OC(c2cc(I)ccc2Cl)=NC1=Cc1cccc(Cl)c1. The summed E-state index contributed by atoms with van der Waals surface area (Å²) >= 11 is 14.2. The Morgan fingerprint density at radius 2 is 1.95 bits per heavy atom. The lowest BCUT2D eigenvalue weighted by molar-refractivity contribution is -0.129. The minimum absolute atomic E-state index is 0.210. The zero-order chi connectivity index (χ0) is 15.7. The third-order valence-electron chi connectivity index (χ3n) is 2.93. The minimum Gasteiger partial charge on any atom is -0.402 e. The zero-order valence-electron chi connectivity index (χ0n) is 11.0. The van der Waals surface area contributed by atoms with Crippen molar-refractivity contribution < 1.29 is 9.53 Å². The fourth-order valence-corrected chi connectivity index (χ4v) is 2.83. The maximum atomic E-state index is 12.0. The van der Waals surface area contributed by atoms with E-state index in [1.54, 1.807) is 30.3 Å². The predicted octanol–water partition coefficient (Wildman–Crippen LogP) is 4.94. The van der Waals surface area contributed by atoms with Crippen LogP contribution in [0.2, 0.25) is 10.0 Å². The number of hydrogen-bond donors (Lipinski definition) is 0. The first-order valence-electron chi connectivity index (χ1n) is 6.26. The van der Waals surface area contributed by atoms with Gasteiger partial charge in [0.15, 0.2) is 5.70 Å². The molecule has 0 saturated heterocycles. The van der Waals surface area contributed by atoms with E-state index in [9.17, 15) is 4.79 Å². The smallest absolute Gasteiger partial charge is 0.363 e. The molecule has 6 heteroatoms. The number of hydrogen-bond acceptors (Lipinski definition) is 3. The average molecular weight is 444 g/mol. The number of rotatable bonds is 2. The summed E-state index contributed by atoms with van der Waals surface area (Å²) in [5.74, 6) is -0.299. The lowest BCUT2D eigenvalue weighted by Gasteiger charge is -2.02. The zero-order valence-corrected chi connectivity index (χ0v) is 14.7. The van der Waals surface area contributed by atoms with Crippen molar-refractivity contribution in [3.63, 3.8) is 0 Å². The van der Waals surface area contributed by atoms with Gasteiger partial charge in [0.05, 0.1) is 10.6 Å². The van der Waals surface area contributed by atoms with Gasteiger partial charge in [-0.05, 0) is 64.6 Å². The number of esters is 1. The molecule has 0 unspecified atom stereocenters. The van der Waals surface area contributed by atoms with Gasteiger partial charge < -0.3 is 4.74 Å². The van der Waals surface area contributed by atoms with Crippen LogP contribution in [0, 0.1) is 3.57 Å². The number of carbonyl (C=O) groups is 1. The molecular weight excluding hydrogens is 436 g/mol. The van der Waals surface area contributed by atoms with E-state index in [1.807, 2.05) is 18.2 Å². The summed E-state index contributed by atoms with van der Waals surface area (Å²) in [5, 5.41) is 1.07. The molecule has 2 aromatic rings. The molecule has 3 rings (SSSR count). The van der Waals surface area contributed by atoms with Gasteiger partial charge in [-0.2, -0.15) is 0 Å². The fourth-order valence-electron chi connectivity index (χ4n) is 1.94. The Bertz CT molecular complexity index is 831. The number of benzene rings is 2. The largest absolute Gasteiger partial charge is 0.402 e. The molecule has 110 valence electrons. The van der Waals surface area contributed by atoms with Crippen molar-refractivity contribution in [2.45, 2.75) is 0 Å². The molecule has 0 saturated carbocycles. The van der Waals surface area contributed by atoms with E-state index in [0.29, 0.717) is 15.6 Å². The van der Waals surface area contributed by atoms with E-state index < -0.39 is 5.97 Å². The highest BCUT2D eigenvalue weighted by molar-refractivity contribution is 14.1. The van der Waals surface area contributed by atoms with Crippen LogP contribution in [0.25, 0.3) is 6.08 Å². The van der Waals surface area contributed by atoms with Crippen LogP contribution in [-0.4, -0.2) is 11.9 Å². The lowest BCUT2D eigenvalue weighted by atomic mass is 10.2. The molecule has 0 atom stereocenters. The summed E-state index contributed by atoms with van der Waals surface area (Å²) in [6.45, 7) is 0. The van der Waals surface area contributed by atoms with Crippen LogP contribution in [0.1, 0.15) is 11.1 Å². The van der Waals surface area contributed by atoms with E-state index in [4.69, 9.17) is 27.9 Å². The van der Waals surface area contributed by atoms with Crippen molar-refractivity contribution in [2.75, 3.05) is 0 Å². The van der Waals surface area contributed by atoms with E-state index in [1.165, 1.54) is 0 Å². The second-order valence-electron chi connectivity index (χ2n) is 4.52. The summed E-state index contributed by atoms with van der Waals surface area (Å²) in [6.07, 6.45) is 1.63. The van der Waals surface area contributed by atoms with Crippen molar-refractivity contribution >= 4 is 63.7 Å². The van der Waals surface area contributed by atoms with Crippen molar-refractivity contribution in [3.8, 4) is 0 Å². The summed E-state index contributed by atoms with van der Waals surface area (Å²) in [5.41, 5.74) is 1.58. The standard InChI is InChI=1S/C16H8Cl2INO2/c17-10-3-1-2-9(6-10)7-14-16(21)22-15(20-14)12-8-11(19)4-5-13(12)18/h1-8H. The Labute approximate surface area is 150 Å². The van der Waals surface area contributed by atoms with Crippen molar-refractivity contribution in [2.24, 2.45) is 4.99 Å². The van der Waals surface area contributed by atoms with Crippen LogP contribution in [-0.2, 0) is 9.53 Å². The number of nitrogens with zero attached hydrogens (tertiary/aromatic N) is 1. The first-order chi connectivity index (χ1) is 10.5. The molecule has 0 bridgehead atoms. The Balaban J connectivity index is 2.00. The Morgan fingerprint density at radius 3 is 2.73 bits per heavy atom. The van der Waals surface area contributed by atoms with Crippen LogP contribution >= 0.6 is 45.8 Å². The summed E-state index contributed by atoms with van der Waals surface area (Å²) in [6, 6.07) is 12.6. The van der Waals surface area contributed by atoms with Gasteiger partial charge in [0.2, 0.25) is 5.90 Å². The van der Waals surface area contributed by atoms with Gasteiger partial charge in [0, 0.05) is 8.59 Å². The lowest BCUT2D eigenvalue weighted by Crippen LogP contribution is -2.06. The highest BCUT2D eigenvalue weighted by atomic mass is 127. The number of aliphatic imine (C=N–C) groups is 1. The molecule has 0 N–H and O–H groups in total. The van der Waals surface area contributed by atoms with Gasteiger partial charge in [-0.25, -0.2) is 9.79 Å². The van der Waals surface area contributed by atoms with Gasteiger partial charge >= 0.3 is 5.97 Å². The highest BCUT2D eigenvalue weighted by Crippen LogP contribution is 2.25. The molecule has 3 nitrogen and oxygen atoms in total. The third-order valence-corrected chi connectivity index (χ3v) is 4.17. The molecule has 22 heavy (non-hydrogen) atoms. The Hall–Kier alpha value is -1.37. The van der Waals surface area contributed by atoms with E-state index in [0.717, 1.165) is 9.13 Å². The van der Waals surface area contributed by atoms with Crippen molar-refractivity contribution in [1.29, 1.82) is 0 Å². The molecule has 1 aliphatic heterocycles. The maximum absolute atomic E-state index is 12.0. The molecular formula is C16H8Cl2INO2. The minimum atomic E-state index is -0.509. The average Bonchev–Trinajstić information content (AvgIpc) is 2.83. The van der Waals surface area contributed by atoms with Crippen LogP contribution < -0.4 is 0 Å². The Morgan fingerprint density at radius 1 is 1.14 bits per heavy atom. The van der Waals surface area contributed by atoms with Gasteiger partial charge in [0.25, 0.3) is 0 Å². The maximum Gasteiger partial charge on any atom is 0.363 e. The van der Waals surface area contributed by atoms with Crippen LogP contribution in [0.4, 0.5) is 0 Å². The monoisotopic (exact) mass is 443 g/mol. The third kappa shape index (κ3) is 3.34. The van der Waals surface area contributed by atoms with E-state index in [2.05, 4.69) is 27.6 Å². The second kappa shape index (κ2) is 6.40. The second-order valence-corrected chi connectivity index (χ2v) is 6.60. The molecule has 1 aliphatic rings.